The summed E-state index contributed by atoms with van der Waals surface area (Å²) in [4.78, 5) is 22.1. The molecule has 0 spiro atoms. The van der Waals surface area contributed by atoms with E-state index in [1.54, 1.807) is 24.3 Å². The normalized spacial score (nSPS) is 9.58. The van der Waals surface area contributed by atoms with E-state index in [1.807, 2.05) is 6.92 Å². The Balaban J connectivity index is 2.29. The standard InChI is InChI=1S/C13H19N3O3/c1-3-19-12-6-4-11(5-7-12)16-13(18)15-9-8-14-10(2)17/h4-7H,3,8-9H2,1-2H3,(H,14,17)(H2,15,16,18). The Hall–Kier alpha value is -2.24. The first-order chi connectivity index (χ1) is 9.11. The molecule has 0 aliphatic carbocycles. The van der Waals surface area contributed by atoms with Gasteiger partial charge < -0.3 is 20.7 Å². The van der Waals surface area contributed by atoms with Crippen molar-refractivity contribution in [2.24, 2.45) is 0 Å². The van der Waals surface area contributed by atoms with Gasteiger partial charge in [-0.1, -0.05) is 0 Å². The molecule has 0 aromatic heterocycles. The van der Waals surface area contributed by atoms with Crippen LogP contribution in [0.2, 0.25) is 0 Å². The summed E-state index contributed by atoms with van der Waals surface area (Å²) in [7, 11) is 0. The molecule has 0 saturated heterocycles. The maximum absolute atomic E-state index is 11.5. The fraction of sp³-hybridized carbons (Fsp3) is 0.385. The molecule has 0 radical (unpaired) electrons. The van der Waals surface area contributed by atoms with Crippen LogP contribution in [-0.4, -0.2) is 31.6 Å². The average molecular weight is 265 g/mol. The van der Waals surface area contributed by atoms with E-state index in [1.165, 1.54) is 6.92 Å². The van der Waals surface area contributed by atoms with Crippen molar-refractivity contribution in [3.05, 3.63) is 24.3 Å². The van der Waals surface area contributed by atoms with Crippen LogP contribution in [0.25, 0.3) is 0 Å². The number of carbonyl (C=O) groups is 2. The van der Waals surface area contributed by atoms with E-state index in [0.29, 0.717) is 25.4 Å². The fourth-order valence-electron chi connectivity index (χ4n) is 1.39. The van der Waals surface area contributed by atoms with Gasteiger partial charge in [-0.3, -0.25) is 4.79 Å². The van der Waals surface area contributed by atoms with E-state index in [-0.39, 0.29) is 11.9 Å². The molecule has 0 atom stereocenters. The van der Waals surface area contributed by atoms with Gasteiger partial charge in [-0.25, -0.2) is 4.79 Å². The molecule has 3 amide bonds. The molecular weight excluding hydrogens is 246 g/mol. The van der Waals surface area contributed by atoms with Crippen LogP contribution in [0.3, 0.4) is 0 Å². The molecule has 1 aromatic carbocycles. The molecule has 0 bridgehead atoms. The Morgan fingerprint density at radius 1 is 1.11 bits per heavy atom. The van der Waals surface area contributed by atoms with Gasteiger partial charge in [0.05, 0.1) is 6.61 Å². The van der Waals surface area contributed by atoms with Crippen molar-refractivity contribution in [1.29, 1.82) is 0 Å². The molecule has 0 aliphatic rings. The summed E-state index contributed by atoms with van der Waals surface area (Å²) in [5.74, 6) is 0.646. The van der Waals surface area contributed by atoms with Crippen LogP contribution in [0.15, 0.2) is 24.3 Å². The monoisotopic (exact) mass is 265 g/mol. The highest BCUT2D eigenvalue weighted by Crippen LogP contribution is 2.15. The quantitative estimate of drug-likeness (QED) is 0.679. The minimum Gasteiger partial charge on any atom is -0.494 e. The molecule has 1 rings (SSSR count). The lowest BCUT2D eigenvalue weighted by Gasteiger charge is -2.08. The number of urea groups is 1. The van der Waals surface area contributed by atoms with Gasteiger partial charge in [0.15, 0.2) is 0 Å². The van der Waals surface area contributed by atoms with Crippen molar-refractivity contribution in [2.75, 3.05) is 25.0 Å². The minimum atomic E-state index is -0.311. The molecule has 1 aromatic rings. The predicted molar refractivity (Wildman–Crippen MR) is 73.3 cm³/mol. The Kier molecular flexibility index (Phi) is 6.21. The lowest BCUT2D eigenvalue weighted by Crippen LogP contribution is -2.36. The van der Waals surface area contributed by atoms with Gasteiger partial charge in [0.25, 0.3) is 0 Å². The first-order valence-corrected chi connectivity index (χ1v) is 6.14. The molecule has 6 nitrogen and oxygen atoms in total. The van der Waals surface area contributed by atoms with Crippen LogP contribution in [-0.2, 0) is 4.79 Å². The number of amides is 3. The highest BCUT2D eigenvalue weighted by atomic mass is 16.5. The van der Waals surface area contributed by atoms with Crippen LogP contribution in [0.5, 0.6) is 5.75 Å². The number of ether oxygens (including phenoxy) is 1. The summed E-state index contributed by atoms with van der Waals surface area (Å²) in [5.41, 5.74) is 0.681. The summed E-state index contributed by atoms with van der Waals surface area (Å²) in [5, 5.41) is 7.90. The van der Waals surface area contributed by atoms with E-state index < -0.39 is 0 Å². The zero-order valence-electron chi connectivity index (χ0n) is 11.2. The van der Waals surface area contributed by atoms with Crippen molar-refractivity contribution >= 4 is 17.6 Å². The van der Waals surface area contributed by atoms with Gasteiger partial charge in [-0.15, -0.1) is 0 Å². The lowest BCUT2D eigenvalue weighted by molar-refractivity contribution is -0.118. The zero-order valence-corrected chi connectivity index (χ0v) is 11.2. The Morgan fingerprint density at radius 3 is 2.32 bits per heavy atom. The number of hydrogen-bond acceptors (Lipinski definition) is 3. The molecule has 0 aliphatic heterocycles. The average Bonchev–Trinajstić information content (AvgIpc) is 2.37. The predicted octanol–water partition coefficient (Wildman–Crippen LogP) is 1.34. The van der Waals surface area contributed by atoms with Gasteiger partial charge in [0, 0.05) is 25.7 Å². The van der Waals surface area contributed by atoms with Gasteiger partial charge in [0.1, 0.15) is 5.75 Å². The molecule has 0 unspecified atom stereocenters. The van der Waals surface area contributed by atoms with Gasteiger partial charge in [-0.2, -0.15) is 0 Å². The molecule has 19 heavy (non-hydrogen) atoms. The highest BCUT2D eigenvalue weighted by molar-refractivity contribution is 5.89. The molecule has 0 heterocycles. The third-order valence-electron chi connectivity index (χ3n) is 2.21. The highest BCUT2D eigenvalue weighted by Gasteiger charge is 2.01. The number of rotatable bonds is 6. The largest absolute Gasteiger partial charge is 0.494 e. The van der Waals surface area contributed by atoms with Crippen molar-refractivity contribution in [3.8, 4) is 5.75 Å². The zero-order chi connectivity index (χ0) is 14.1. The van der Waals surface area contributed by atoms with E-state index in [4.69, 9.17) is 4.74 Å². The molecule has 3 N–H and O–H groups in total. The summed E-state index contributed by atoms with van der Waals surface area (Å²) < 4.78 is 5.30. The second-order valence-electron chi connectivity index (χ2n) is 3.82. The van der Waals surface area contributed by atoms with Crippen molar-refractivity contribution < 1.29 is 14.3 Å². The second-order valence-corrected chi connectivity index (χ2v) is 3.82. The summed E-state index contributed by atoms with van der Waals surface area (Å²) in [6, 6.07) is 6.79. The van der Waals surface area contributed by atoms with Crippen molar-refractivity contribution in [2.45, 2.75) is 13.8 Å². The Bertz CT molecular complexity index is 418. The molecule has 0 saturated carbocycles. The summed E-state index contributed by atoms with van der Waals surface area (Å²) >= 11 is 0. The number of nitrogens with one attached hydrogen (secondary N) is 3. The van der Waals surface area contributed by atoms with Crippen molar-refractivity contribution in [1.82, 2.24) is 10.6 Å². The van der Waals surface area contributed by atoms with Crippen LogP contribution < -0.4 is 20.7 Å². The molecular formula is C13H19N3O3. The number of benzene rings is 1. The SMILES string of the molecule is CCOc1ccc(NC(=O)NCCNC(C)=O)cc1. The van der Waals surface area contributed by atoms with Crippen LogP contribution in [0, 0.1) is 0 Å². The van der Waals surface area contributed by atoms with Gasteiger partial charge in [0.2, 0.25) is 5.91 Å². The number of carbonyl (C=O) groups excluding carboxylic acids is 2. The Labute approximate surface area is 112 Å². The smallest absolute Gasteiger partial charge is 0.319 e. The van der Waals surface area contributed by atoms with Gasteiger partial charge >= 0.3 is 6.03 Å². The van der Waals surface area contributed by atoms with E-state index in [0.717, 1.165) is 5.75 Å². The van der Waals surface area contributed by atoms with E-state index in [2.05, 4.69) is 16.0 Å². The molecule has 6 heteroatoms. The summed E-state index contributed by atoms with van der Waals surface area (Å²) in [6.07, 6.45) is 0. The number of anilines is 1. The third kappa shape index (κ3) is 6.30. The summed E-state index contributed by atoms with van der Waals surface area (Å²) in [6.45, 7) is 4.74. The van der Waals surface area contributed by atoms with Crippen molar-refractivity contribution in [3.63, 3.8) is 0 Å². The molecule has 0 fully saturated rings. The first-order valence-electron chi connectivity index (χ1n) is 6.14. The van der Waals surface area contributed by atoms with Crippen LogP contribution >= 0.6 is 0 Å². The third-order valence-corrected chi connectivity index (χ3v) is 2.21. The Morgan fingerprint density at radius 2 is 1.74 bits per heavy atom. The second kappa shape index (κ2) is 7.97. The van der Waals surface area contributed by atoms with Gasteiger partial charge in [-0.05, 0) is 31.2 Å². The molecule has 104 valence electrons. The maximum Gasteiger partial charge on any atom is 0.319 e. The van der Waals surface area contributed by atoms with E-state index >= 15 is 0 Å². The topological polar surface area (TPSA) is 79.5 Å². The number of hydrogen-bond donors (Lipinski definition) is 3. The fourth-order valence-corrected chi connectivity index (χ4v) is 1.39. The van der Waals surface area contributed by atoms with E-state index in [9.17, 15) is 9.59 Å². The lowest BCUT2D eigenvalue weighted by atomic mass is 10.3. The minimum absolute atomic E-state index is 0.117. The first kappa shape index (κ1) is 14.8. The van der Waals surface area contributed by atoms with Crippen LogP contribution in [0.1, 0.15) is 13.8 Å². The van der Waals surface area contributed by atoms with Crippen LogP contribution in [0.4, 0.5) is 10.5 Å². The maximum atomic E-state index is 11.5.